The molecule has 0 unspecified atom stereocenters. The van der Waals surface area contributed by atoms with Crippen molar-refractivity contribution in [3.63, 3.8) is 0 Å². The molecular formula is C17H18N4O3S. The average Bonchev–Trinajstić information content (AvgIpc) is 3.26. The Morgan fingerprint density at radius 1 is 1.24 bits per heavy atom. The molecule has 1 aromatic carbocycles. The van der Waals surface area contributed by atoms with Crippen molar-refractivity contribution in [1.29, 1.82) is 0 Å². The van der Waals surface area contributed by atoms with Gasteiger partial charge < -0.3 is 14.3 Å². The second-order valence-corrected chi connectivity index (χ2v) is 6.40. The van der Waals surface area contributed by atoms with E-state index in [1.807, 2.05) is 35.9 Å². The van der Waals surface area contributed by atoms with Crippen LogP contribution in [0.4, 0.5) is 0 Å². The molecule has 7 nitrogen and oxygen atoms in total. The van der Waals surface area contributed by atoms with Gasteiger partial charge in [0.1, 0.15) is 0 Å². The highest BCUT2D eigenvalue weighted by atomic mass is 32.1. The summed E-state index contributed by atoms with van der Waals surface area (Å²) in [5.41, 5.74) is 3.63. The van der Waals surface area contributed by atoms with Crippen LogP contribution in [0.2, 0.25) is 0 Å². The topological polar surface area (TPSA) is 88.6 Å². The minimum absolute atomic E-state index is 0.190. The molecule has 0 atom stereocenters. The van der Waals surface area contributed by atoms with Crippen molar-refractivity contribution in [2.45, 2.75) is 12.8 Å². The SMILES string of the molecule is Cn1/c(=N/NC(=O)CCCNC(=O)c2ccco2)sc2ccccc21. The molecule has 0 bridgehead atoms. The van der Waals surface area contributed by atoms with Gasteiger partial charge in [-0.25, -0.2) is 5.43 Å². The largest absolute Gasteiger partial charge is 0.459 e. The van der Waals surface area contributed by atoms with E-state index >= 15 is 0 Å². The van der Waals surface area contributed by atoms with E-state index in [0.29, 0.717) is 13.0 Å². The van der Waals surface area contributed by atoms with Gasteiger partial charge >= 0.3 is 0 Å². The number of furan rings is 1. The Bertz CT molecular complexity index is 940. The standard InChI is InChI=1S/C17H18N4O3S/c1-21-12-6-2-3-8-14(12)25-17(21)20-19-15(22)9-4-10-18-16(23)13-7-5-11-24-13/h2-3,5-8,11H,4,9-10H2,1H3,(H,18,23)(H,19,22)/b20-17-. The van der Waals surface area contributed by atoms with Crippen LogP contribution in [-0.2, 0) is 11.8 Å². The van der Waals surface area contributed by atoms with Gasteiger partial charge in [-0.3, -0.25) is 9.59 Å². The third kappa shape index (κ3) is 4.16. The number of hydrogen-bond acceptors (Lipinski definition) is 5. The second-order valence-electron chi connectivity index (χ2n) is 5.39. The van der Waals surface area contributed by atoms with E-state index in [0.717, 1.165) is 15.0 Å². The number of carbonyl (C=O) groups is 2. The molecule has 0 saturated carbocycles. The zero-order valence-corrected chi connectivity index (χ0v) is 14.5. The van der Waals surface area contributed by atoms with Crippen LogP contribution in [-0.4, -0.2) is 22.9 Å². The molecular weight excluding hydrogens is 340 g/mol. The number of nitrogens with zero attached hydrogens (tertiary/aromatic N) is 2. The molecule has 0 spiro atoms. The monoisotopic (exact) mass is 358 g/mol. The number of rotatable bonds is 6. The first-order chi connectivity index (χ1) is 12.1. The van der Waals surface area contributed by atoms with Crippen LogP contribution in [0.1, 0.15) is 23.4 Å². The minimum Gasteiger partial charge on any atom is -0.459 e. The van der Waals surface area contributed by atoms with Gasteiger partial charge in [-0.05, 0) is 30.7 Å². The number of hydrogen-bond donors (Lipinski definition) is 2. The highest BCUT2D eigenvalue weighted by molar-refractivity contribution is 7.16. The summed E-state index contributed by atoms with van der Waals surface area (Å²) in [5.74, 6) is -0.214. The molecule has 3 rings (SSSR count). The first-order valence-electron chi connectivity index (χ1n) is 7.84. The number of fused-ring (bicyclic) bond motifs is 1. The molecule has 2 amide bonds. The predicted octanol–water partition coefficient (Wildman–Crippen LogP) is 1.97. The van der Waals surface area contributed by atoms with Gasteiger partial charge in [-0.15, -0.1) is 5.10 Å². The maximum atomic E-state index is 11.9. The molecule has 2 heterocycles. The number of carbonyl (C=O) groups excluding carboxylic acids is 2. The summed E-state index contributed by atoms with van der Waals surface area (Å²) in [6, 6.07) is 11.2. The third-order valence-corrected chi connectivity index (χ3v) is 4.72. The van der Waals surface area contributed by atoms with Gasteiger partial charge in [0.15, 0.2) is 5.76 Å². The highest BCUT2D eigenvalue weighted by Crippen LogP contribution is 2.14. The number of para-hydroxylation sites is 1. The number of thiazole rings is 1. The first kappa shape index (κ1) is 17.0. The van der Waals surface area contributed by atoms with Gasteiger partial charge in [-0.1, -0.05) is 23.5 Å². The van der Waals surface area contributed by atoms with E-state index in [9.17, 15) is 9.59 Å². The summed E-state index contributed by atoms with van der Waals surface area (Å²) < 4.78 is 8.03. The Kier molecular flexibility index (Phi) is 5.30. The molecule has 2 aromatic heterocycles. The Morgan fingerprint density at radius 2 is 2.08 bits per heavy atom. The van der Waals surface area contributed by atoms with Crippen molar-refractivity contribution in [1.82, 2.24) is 15.3 Å². The van der Waals surface area contributed by atoms with Crippen LogP contribution in [0.25, 0.3) is 10.2 Å². The number of aromatic nitrogens is 1. The summed E-state index contributed by atoms with van der Waals surface area (Å²) in [5, 5.41) is 6.87. The van der Waals surface area contributed by atoms with E-state index < -0.39 is 0 Å². The fourth-order valence-corrected chi connectivity index (χ4v) is 3.28. The van der Waals surface area contributed by atoms with Gasteiger partial charge in [0, 0.05) is 20.0 Å². The van der Waals surface area contributed by atoms with E-state index in [1.165, 1.54) is 17.6 Å². The van der Waals surface area contributed by atoms with Gasteiger partial charge in [0.25, 0.3) is 5.91 Å². The zero-order valence-electron chi connectivity index (χ0n) is 13.7. The lowest BCUT2D eigenvalue weighted by molar-refractivity contribution is -0.121. The lowest BCUT2D eigenvalue weighted by Gasteiger charge is -2.02. The maximum absolute atomic E-state index is 11.9. The summed E-state index contributed by atoms with van der Waals surface area (Å²) >= 11 is 1.51. The van der Waals surface area contributed by atoms with Crippen LogP contribution >= 0.6 is 11.3 Å². The van der Waals surface area contributed by atoms with Crippen LogP contribution in [0, 0.1) is 0 Å². The van der Waals surface area contributed by atoms with Crippen LogP contribution in [0.15, 0.2) is 52.2 Å². The molecule has 2 N–H and O–H groups in total. The fourth-order valence-electron chi connectivity index (χ4n) is 2.30. The van der Waals surface area contributed by atoms with E-state index in [2.05, 4.69) is 15.8 Å². The molecule has 0 aliphatic rings. The summed E-state index contributed by atoms with van der Waals surface area (Å²) in [6.45, 7) is 0.392. The summed E-state index contributed by atoms with van der Waals surface area (Å²) in [4.78, 5) is 24.3. The Balaban J connectivity index is 1.47. The van der Waals surface area contributed by atoms with Crippen molar-refractivity contribution in [3.05, 3.63) is 53.2 Å². The van der Waals surface area contributed by atoms with Crippen LogP contribution < -0.4 is 15.5 Å². The average molecular weight is 358 g/mol. The molecule has 130 valence electrons. The van der Waals surface area contributed by atoms with E-state index in [4.69, 9.17) is 4.42 Å². The van der Waals surface area contributed by atoms with Gasteiger partial charge in [-0.2, -0.15) is 0 Å². The molecule has 0 radical (unpaired) electrons. The van der Waals surface area contributed by atoms with E-state index in [-0.39, 0.29) is 24.0 Å². The minimum atomic E-state index is -0.285. The van der Waals surface area contributed by atoms with Crippen molar-refractivity contribution >= 4 is 33.4 Å². The van der Waals surface area contributed by atoms with Crippen LogP contribution in [0.3, 0.4) is 0 Å². The lowest BCUT2D eigenvalue weighted by Crippen LogP contribution is -2.26. The van der Waals surface area contributed by atoms with Crippen molar-refractivity contribution in [2.75, 3.05) is 6.54 Å². The Hall–Kier alpha value is -2.87. The smallest absolute Gasteiger partial charge is 0.286 e. The van der Waals surface area contributed by atoms with Crippen LogP contribution in [0.5, 0.6) is 0 Å². The highest BCUT2D eigenvalue weighted by Gasteiger charge is 2.08. The summed E-state index contributed by atoms with van der Waals surface area (Å²) in [7, 11) is 1.91. The normalized spacial score (nSPS) is 11.6. The molecule has 8 heteroatoms. The molecule has 25 heavy (non-hydrogen) atoms. The predicted molar refractivity (Wildman–Crippen MR) is 94.8 cm³/mol. The van der Waals surface area contributed by atoms with Crippen molar-refractivity contribution in [3.8, 4) is 0 Å². The van der Waals surface area contributed by atoms with Gasteiger partial charge in [0.05, 0.1) is 16.5 Å². The first-order valence-corrected chi connectivity index (χ1v) is 8.65. The Labute approximate surface area is 148 Å². The molecule has 0 aliphatic heterocycles. The third-order valence-electron chi connectivity index (χ3n) is 3.60. The lowest BCUT2D eigenvalue weighted by atomic mass is 10.3. The Morgan fingerprint density at radius 3 is 2.84 bits per heavy atom. The fraction of sp³-hybridized carbons (Fsp3) is 0.235. The zero-order chi connectivity index (χ0) is 17.6. The maximum Gasteiger partial charge on any atom is 0.286 e. The number of benzene rings is 1. The second kappa shape index (κ2) is 7.80. The van der Waals surface area contributed by atoms with E-state index in [1.54, 1.807) is 12.1 Å². The number of amides is 2. The quantitative estimate of drug-likeness (QED) is 0.522. The summed E-state index contributed by atoms with van der Waals surface area (Å²) in [6.07, 6.45) is 2.24. The molecule has 0 aliphatic carbocycles. The molecule has 0 fully saturated rings. The molecule has 0 saturated heterocycles. The van der Waals surface area contributed by atoms with Crippen molar-refractivity contribution < 1.29 is 14.0 Å². The van der Waals surface area contributed by atoms with Crippen molar-refractivity contribution in [2.24, 2.45) is 12.1 Å². The number of nitrogens with one attached hydrogen (secondary N) is 2. The van der Waals surface area contributed by atoms with Gasteiger partial charge in [0.2, 0.25) is 10.7 Å². The molecule has 3 aromatic rings. The number of aryl methyl sites for hydroxylation is 1.